The fourth-order valence-electron chi connectivity index (χ4n) is 0.611. The normalized spacial score (nSPS) is 13.4. The zero-order chi connectivity index (χ0) is 15.3. The highest BCUT2D eigenvalue weighted by Gasteiger charge is 2.34. The molecule has 0 fully saturated rings. The first-order valence-electron chi connectivity index (χ1n) is 5.19. The highest BCUT2D eigenvalue weighted by molar-refractivity contribution is 9.15. The van der Waals surface area contributed by atoms with Crippen molar-refractivity contribution in [3.8, 4) is 0 Å². The van der Waals surface area contributed by atoms with E-state index in [1.807, 2.05) is 0 Å². The molecule has 0 N–H and O–H groups in total. The Labute approximate surface area is 126 Å². The van der Waals surface area contributed by atoms with Crippen molar-refractivity contribution in [2.24, 2.45) is 0 Å². The lowest BCUT2D eigenvalue weighted by atomic mass is 10.7. The summed E-state index contributed by atoms with van der Waals surface area (Å²) in [6, 6.07) is 0. The molecule has 0 aromatic carbocycles. The molecule has 0 saturated heterocycles. The topological polar surface area (TPSA) is 102 Å². The molecular weight excluding hydrogens is 371 g/mol. The Morgan fingerprint density at radius 1 is 0.632 bits per heavy atom. The van der Waals surface area contributed by atoms with Gasteiger partial charge in [0.2, 0.25) is 0 Å². The minimum Gasteiger partial charge on any atom is -0.218 e. The van der Waals surface area contributed by atoms with E-state index in [1.54, 1.807) is 0 Å². The second-order valence-electron chi connectivity index (χ2n) is 3.12. The lowest BCUT2D eigenvalue weighted by molar-refractivity contribution is 0.610. The van der Waals surface area contributed by atoms with Crippen molar-refractivity contribution >= 4 is 63.1 Å². The maximum absolute atomic E-state index is 11.5. The first kappa shape index (κ1) is 20.0. The minimum absolute atomic E-state index is 0.187. The van der Waals surface area contributed by atoms with E-state index in [0.717, 1.165) is 0 Å². The van der Waals surface area contributed by atoms with E-state index >= 15 is 0 Å². The SMILES string of the molecule is CCS(=O)(=O)SB(SS(=O)(=O)CC)SS(=O)(=O)CC. The third kappa shape index (κ3) is 8.76. The molecule has 0 bridgehead atoms. The Morgan fingerprint density at radius 3 is 1.00 bits per heavy atom. The summed E-state index contributed by atoms with van der Waals surface area (Å²) in [5.41, 5.74) is 0. The fraction of sp³-hybridized carbons (Fsp3) is 1.00. The molecule has 114 valence electrons. The van der Waals surface area contributed by atoms with Crippen molar-refractivity contribution in [3.63, 3.8) is 0 Å². The van der Waals surface area contributed by atoms with Crippen molar-refractivity contribution in [2.45, 2.75) is 20.8 Å². The molecular formula is C6H15BO6S6. The number of hydrogen-bond acceptors (Lipinski definition) is 9. The molecule has 0 unspecified atom stereocenters. The van der Waals surface area contributed by atoms with E-state index in [1.165, 1.54) is 20.8 Å². The summed E-state index contributed by atoms with van der Waals surface area (Å²) < 4.78 is 67.9. The molecule has 0 aliphatic heterocycles. The summed E-state index contributed by atoms with van der Waals surface area (Å²) in [5.74, 6) is -0.561. The highest BCUT2D eigenvalue weighted by Crippen LogP contribution is 2.39. The van der Waals surface area contributed by atoms with Gasteiger partial charge in [-0.15, -0.1) is 0 Å². The van der Waals surface area contributed by atoms with Crippen LogP contribution in [0.1, 0.15) is 20.8 Å². The molecule has 0 spiro atoms. The van der Waals surface area contributed by atoms with Crippen molar-refractivity contribution in [2.75, 3.05) is 17.3 Å². The van der Waals surface area contributed by atoms with E-state index in [-0.39, 0.29) is 17.3 Å². The van der Waals surface area contributed by atoms with Gasteiger partial charge in [-0.05, 0) is 0 Å². The van der Waals surface area contributed by atoms with Gasteiger partial charge in [0.05, 0.1) is 17.3 Å². The van der Waals surface area contributed by atoms with Crippen LogP contribution >= 0.6 is 31.9 Å². The van der Waals surface area contributed by atoms with Gasteiger partial charge in [-0.3, -0.25) is 0 Å². The largest absolute Gasteiger partial charge is 0.391 e. The molecule has 0 rings (SSSR count). The molecule has 6 nitrogen and oxygen atoms in total. The van der Waals surface area contributed by atoms with Gasteiger partial charge < -0.3 is 0 Å². The van der Waals surface area contributed by atoms with Crippen LogP contribution in [0.25, 0.3) is 0 Å². The maximum Gasteiger partial charge on any atom is 0.391 e. The second kappa shape index (κ2) is 7.83. The summed E-state index contributed by atoms with van der Waals surface area (Å²) in [4.78, 5) is 0. The van der Waals surface area contributed by atoms with Crippen molar-refractivity contribution in [1.29, 1.82) is 0 Å². The minimum atomic E-state index is -3.53. The Hall–Kier alpha value is 0.965. The summed E-state index contributed by atoms with van der Waals surface area (Å²) in [7, 11) is -9.49. The summed E-state index contributed by atoms with van der Waals surface area (Å²) in [5, 5.41) is 0. The standard InChI is InChI=1S/C6H15BO6S6/c1-4-17(8,9)14-7(15-18(10,11)5-2)16-19(12,13)6-3/h4-6H2,1-3H3. The van der Waals surface area contributed by atoms with Crippen molar-refractivity contribution < 1.29 is 25.3 Å². The zero-order valence-corrected chi connectivity index (χ0v) is 15.5. The molecule has 0 aromatic rings. The van der Waals surface area contributed by atoms with E-state index in [2.05, 4.69) is 0 Å². The summed E-state index contributed by atoms with van der Waals surface area (Å²) in [6.45, 7) is 4.24. The molecule has 19 heavy (non-hydrogen) atoms. The van der Waals surface area contributed by atoms with Crippen LogP contribution in [0, 0.1) is 0 Å². The second-order valence-corrected chi connectivity index (χ2v) is 17.4. The lowest BCUT2D eigenvalue weighted by Crippen LogP contribution is -2.14. The molecule has 0 amide bonds. The molecule has 0 radical (unpaired) electrons. The van der Waals surface area contributed by atoms with Crippen LogP contribution in [0.3, 0.4) is 0 Å². The van der Waals surface area contributed by atoms with Gasteiger partial charge in [0.15, 0.2) is 26.6 Å². The predicted molar refractivity (Wildman–Crippen MR) is 86.9 cm³/mol. The third-order valence-corrected chi connectivity index (χ3v) is 15.6. The molecule has 0 aliphatic carbocycles. The van der Waals surface area contributed by atoms with E-state index in [9.17, 15) is 25.3 Å². The van der Waals surface area contributed by atoms with E-state index < -0.39 is 31.2 Å². The molecule has 0 aliphatic rings. The first-order valence-corrected chi connectivity index (χ1v) is 14.3. The van der Waals surface area contributed by atoms with Crippen LogP contribution in [0.15, 0.2) is 0 Å². The Bertz CT molecular complexity index is 492. The monoisotopic (exact) mass is 386 g/mol. The first-order chi connectivity index (χ1) is 8.47. The smallest absolute Gasteiger partial charge is 0.218 e. The van der Waals surface area contributed by atoms with Crippen LogP contribution in [-0.4, -0.2) is 47.1 Å². The van der Waals surface area contributed by atoms with Crippen LogP contribution in [0.4, 0.5) is 0 Å². The summed E-state index contributed by atoms with van der Waals surface area (Å²) >= 11 is 0. The van der Waals surface area contributed by atoms with Gasteiger partial charge in [-0.2, -0.15) is 0 Å². The van der Waals surface area contributed by atoms with Gasteiger partial charge in [-0.25, -0.2) is 25.3 Å². The quantitative estimate of drug-likeness (QED) is 0.427. The zero-order valence-electron chi connectivity index (χ0n) is 10.6. The van der Waals surface area contributed by atoms with Crippen molar-refractivity contribution in [3.05, 3.63) is 0 Å². The van der Waals surface area contributed by atoms with Crippen LogP contribution in [0.2, 0.25) is 0 Å². The lowest BCUT2D eigenvalue weighted by Gasteiger charge is -2.10. The average Bonchev–Trinajstić information content (AvgIpc) is 2.27. The van der Waals surface area contributed by atoms with Gasteiger partial charge in [0.25, 0.3) is 0 Å². The van der Waals surface area contributed by atoms with Crippen LogP contribution < -0.4 is 0 Å². The Balaban J connectivity index is 5.17. The van der Waals surface area contributed by atoms with Gasteiger partial charge in [-0.1, -0.05) is 52.7 Å². The van der Waals surface area contributed by atoms with Crippen molar-refractivity contribution in [1.82, 2.24) is 0 Å². The van der Waals surface area contributed by atoms with E-state index in [0.29, 0.717) is 31.9 Å². The number of rotatable bonds is 9. The predicted octanol–water partition coefficient (Wildman–Crippen LogP) is 1.22. The molecule has 0 heterocycles. The maximum atomic E-state index is 11.5. The highest BCUT2D eigenvalue weighted by atomic mass is 33.2. The number of hydrogen-bond donors (Lipinski definition) is 0. The fourth-order valence-corrected chi connectivity index (χ4v) is 15.4. The van der Waals surface area contributed by atoms with Gasteiger partial charge in [0.1, 0.15) is 0 Å². The molecule has 0 aromatic heterocycles. The Kier molecular flexibility index (Phi) is 8.22. The average molecular weight is 386 g/mol. The summed E-state index contributed by atoms with van der Waals surface area (Å²) in [6.07, 6.45) is 0. The third-order valence-electron chi connectivity index (χ3n) is 1.74. The van der Waals surface area contributed by atoms with Gasteiger partial charge in [0, 0.05) is 0 Å². The Morgan fingerprint density at radius 2 is 0.842 bits per heavy atom. The van der Waals surface area contributed by atoms with E-state index in [4.69, 9.17) is 0 Å². The molecule has 0 saturated carbocycles. The van der Waals surface area contributed by atoms with Gasteiger partial charge >= 0.3 is 4.55 Å². The van der Waals surface area contributed by atoms with Crippen LogP contribution in [0.5, 0.6) is 0 Å². The molecule has 13 heteroatoms. The van der Waals surface area contributed by atoms with Crippen LogP contribution in [-0.2, 0) is 26.6 Å². The molecule has 0 atom stereocenters.